The first kappa shape index (κ1) is 16.2. The molecule has 1 aromatic rings. The molecular formula is C17H30N2. The molecule has 1 N–H and O–H groups in total. The van der Waals surface area contributed by atoms with Crippen LogP contribution in [0.25, 0.3) is 0 Å². The molecule has 2 heteroatoms. The Hall–Kier alpha value is -0.860. The third kappa shape index (κ3) is 4.63. The van der Waals surface area contributed by atoms with Crippen LogP contribution in [0.2, 0.25) is 0 Å². The van der Waals surface area contributed by atoms with Gasteiger partial charge in [0.1, 0.15) is 0 Å². The molecule has 0 aliphatic carbocycles. The number of nitrogens with zero attached hydrogens (tertiary/aromatic N) is 1. The Labute approximate surface area is 119 Å². The highest BCUT2D eigenvalue weighted by atomic mass is 15.1. The lowest BCUT2D eigenvalue weighted by atomic mass is 9.99. The maximum atomic E-state index is 3.62. The van der Waals surface area contributed by atoms with Gasteiger partial charge in [0.15, 0.2) is 0 Å². The topological polar surface area (TPSA) is 15.3 Å². The van der Waals surface area contributed by atoms with Gasteiger partial charge < -0.3 is 10.2 Å². The Morgan fingerprint density at radius 2 is 1.58 bits per heavy atom. The molecule has 2 nitrogen and oxygen atoms in total. The number of hydrogen-bond acceptors (Lipinski definition) is 2. The fourth-order valence-corrected chi connectivity index (χ4v) is 2.85. The van der Waals surface area contributed by atoms with Crippen molar-refractivity contribution in [2.24, 2.45) is 5.92 Å². The predicted molar refractivity (Wildman–Crippen MR) is 84.7 cm³/mol. The summed E-state index contributed by atoms with van der Waals surface area (Å²) in [4.78, 5) is 2.31. The molecule has 0 amide bonds. The predicted octanol–water partition coefficient (Wildman–Crippen LogP) is 3.29. The molecule has 0 radical (unpaired) electrons. The zero-order valence-corrected chi connectivity index (χ0v) is 13.7. The first-order chi connectivity index (χ1) is 8.82. The van der Waals surface area contributed by atoms with Gasteiger partial charge in [-0.3, -0.25) is 0 Å². The van der Waals surface area contributed by atoms with Crippen LogP contribution in [0.4, 0.5) is 0 Å². The highest BCUT2D eigenvalue weighted by Gasteiger charge is 2.15. The van der Waals surface area contributed by atoms with Crippen LogP contribution in [0.15, 0.2) is 12.1 Å². The van der Waals surface area contributed by atoms with Crippen molar-refractivity contribution in [2.45, 2.75) is 47.2 Å². The lowest BCUT2D eigenvalue weighted by molar-refractivity contribution is 0.224. The smallest absolute Gasteiger partial charge is 0.0237 e. The molecule has 1 unspecified atom stereocenters. The summed E-state index contributed by atoms with van der Waals surface area (Å²) in [6.45, 7) is 13.2. The Kier molecular flexibility index (Phi) is 6.02. The summed E-state index contributed by atoms with van der Waals surface area (Å²) in [5.74, 6) is 0.669. The molecular weight excluding hydrogens is 232 g/mol. The lowest BCUT2D eigenvalue weighted by Crippen LogP contribution is -2.41. The minimum atomic E-state index is 0.589. The highest BCUT2D eigenvalue weighted by molar-refractivity contribution is 5.37. The third-order valence-electron chi connectivity index (χ3n) is 3.93. The van der Waals surface area contributed by atoms with Crippen LogP contribution in [0.5, 0.6) is 0 Å². The molecule has 1 aromatic carbocycles. The Morgan fingerprint density at radius 1 is 1.05 bits per heavy atom. The van der Waals surface area contributed by atoms with Gasteiger partial charge in [-0.15, -0.1) is 0 Å². The van der Waals surface area contributed by atoms with Gasteiger partial charge in [-0.25, -0.2) is 0 Å². The van der Waals surface area contributed by atoms with Gasteiger partial charge in [-0.05, 0) is 57.5 Å². The van der Waals surface area contributed by atoms with Gasteiger partial charge in [-0.2, -0.15) is 0 Å². The van der Waals surface area contributed by atoms with Crippen LogP contribution in [0.1, 0.15) is 36.1 Å². The van der Waals surface area contributed by atoms with Crippen molar-refractivity contribution in [3.05, 3.63) is 34.4 Å². The van der Waals surface area contributed by atoms with Gasteiger partial charge in [0.25, 0.3) is 0 Å². The fraction of sp³-hybridized carbons (Fsp3) is 0.647. The number of hydrogen-bond donors (Lipinski definition) is 1. The van der Waals surface area contributed by atoms with Crippen molar-refractivity contribution in [3.8, 4) is 0 Å². The summed E-state index contributed by atoms with van der Waals surface area (Å²) in [5.41, 5.74) is 5.60. The van der Waals surface area contributed by atoms with Gasteiger partial charge in [0.2, 0.25) is 0 Å². The van der Waals surface area contributed by atoms with Crippen LogP contribution in [-0.4, -0.2) is 31.6 Å². The molecule has 1 rings (SSSR count). The normalized spacial score (nSPS) is 13.3. The number of rotatable bonds is 6. The van der Waals surface area contributed by atoms with E-state index in [1.165, 1.54) is 22.3 Å². The van der Waals surface area contributed by atoms with Gasteiger partial charge in [0, 0.05) is 19.1 Å². The molecule has 0 aliphatic rings. The van der Waals surface area contributed by atoms with Gasteiger partial charge >= 0.3 is 0 Å². The van der Waals surface area contributed by atoms with E-state index in [0.717, 1.165) is 13.1 Å². The van der Waals surface area contributed by atoms with Crippen molar-refractivity contribution in [1.82, 2.24) is 10.2 Å². The molecule has 0 bridgehead atoms. The second-order valence-electron chi connectivity index (χ2n) is 6.28. The second-order valence-corrected chi connectivity index (χ2v) is 6.28. The van der Waals surface area contributed by atoms with Crippen molar-refractivity contribution in [1.29, 1.82) is 0 Å². The molecule has 0 fully saturated rings. The summed E-state index contributed by atoms with van der Waals surface area (Å²) in [6.07, 6.45) is 0. The second kappa shape index (κ2) is 7.06. The maximum Gasteiger partial charge on any atom is 0.0237 e. The molecule has 1 atom stereocenters. The largest absolute Gasteiger partial charge is 0.311 e. The quantitative estimate of drug-likeness (QED) is 0.846. The molecule has 0 saturated carbocycles. The van der Waals surface area contributed by atoms with E-state index in [4.69, 9.17) is 0 Å². The van der Waals surface area contributed by atoms with E-state index in [2.05, 4.69) is 71.1 Å². The van der Waals surface area contributed by atoms with Crippen LogP contribution in [0.3, 0.4) is 0 Å². The van der Waals surface area contributed by atoms with Crippen molar-refractivity contribution in [2.75, 3.05) is 20.6 Å². The van der Waals surface area contributed by atoms with E-state index >= 15 is 0 Å². The summed E-state index contributed by atoms with van der Waals surface area (Å²) in [6, 6.07) is 5.14. The zero-order chi connectivity index (χ0) is 14.6. The first-order valence-electron chi connectivity index (χ1n) is 7.26. The summed E-state index contributed by atoms with van der Waals surface area (Å²) < 4.78 is 0. The number of benzene rings is 1. The van der Waals surface area contributed by atoms with E-state index in [-0.39, 0.29) is 0 Å². The van der Waals surface area contributed by atoms with Crippen LogP contribution < -0.4 is 5.32 Å². The van der Waals surface area contributed by atoms with Crippen LogP contribution in [-0.2, 0) is 6.54 Å². The highest BCUT2D eigenvalue weighted by Crippen LogP contribution is 2.16. The Bertz CT molecular complexity index is 377. The average Bonchev–Trinajstić information content (AvgIpc) is 2.25. The number of aryl methyl sites for hydroxylation is 3. The van der Waals surface area contributed by atoms with E-state index in [1.807, 2.05) is 0 Å². The van der Waals surface area contributed by atoms with E-state index in [0.29, 0.717) is 12.0 Å². The SMILES string of the molecule is Cc1cc(C)c(CNCC(C(C)C)N(C)C)c(C)c1. The molecule has 0 aromatic heterocycles. The standard InChI is InChI=1S/C17H30N2/c1-12(2)17(19(6)7)11-18-10-16-14(4)8-13(3)9-15(16)5/h8-9,12,17-18H,10-11H2,1-7H3. The molecule has 0 saturated heterocycles. The van der Waals surface area contributed by atoms with Crippen molar-refractivity contribution >= 4 is 0 Å². The maximum absolute atomic E-state index is 3.62. The van der Waals surface area contributed by atoms with Crippen LogP contribution in [0, 0.1) is 26.7 Å². The molecule has 108 valence electrons. The van der Waals surface area contributed by atoms with Gasteiger partial charge in [0.05, 0.1) is 0 Å². The van der Waals surface area contributed by atoms with E-state index < -0.39 is 0 Å². The number of likely N-dealkylation sites (N-methyl/N-ethyl adjacent to an activating group) is 1. The molecule has 0 aliphatic heterocycles. The molecule has 19 heavy (non-hydrogen) atoms. The average molecular weight is 262 g/mol. The monoisotopic (exact) mass is 262 g/mol. The molecule has 0 spiro atoms. The molecule has 0 heterocycles. The van der Waals surface area contributed by atoms with E-state index in [1.54, 1.807) is 0 Å². The van der Waals surface area contributed by atoms with Crippen molar-refractivity contribution in [3.63, 3.8) is 0 Å². The van der Waals surface area contributed by atoms with E-state index in [9.17, 15) is 0 Å². The first-order valence-corrected chi connectivity index (χ1v) is 7.26. The lowest BCUT2D eigenvalue weighted by Gasteiger charge is -2.28. The van der Waals surface area contributed by atoms with Crippen LogP contribution >= 0.6 is 0 Å². The zero-order valence-electron chi connectivity index (χ0n) is 13.7. The van der Waals surface area contributed by atoms with Crippen molar-refractivity contribution < 1.29 is 0 Å². The summed E-state index contributed by atoms with van der Waals surface area (Å²) in [7, 11) is 4.32. The number of nitrogens with one attached hydrogen (secondary N) is 1. The minimum Gasteiger partial charge on any atom is -0.311 e. The fourth-order valence-electron chi connectivity index (χ4n) is 2.85. The third-order valence-corrected chi connectivity index (χ3v) is 3.93. The summed E-state index contributed by atoms with van der Waals surface area (Å²) >= 11 is 0. The Balaban J connectivity index is 2.63. The summed E-state index contributed by atoms with van der Waals surface area (Å²) in [5, 5.41) is 3.62. The van der Waals surface area contributed by atoms with Gasteiger partial charge in [-0.1, -0.05) is 31.5 Å². The Morgan fingerprint density at radius 3 is 2.00 bits per heavy atom. The minimum absolute atomic E-state index is 0.589.